The number of para-hydroxylation sites is 6. The maximum Gasteiger partial charge on any atom is 1.00 e. The lowest BCUT2D eigenvalue weighted by molar-refractivity contribution is 0.167. The van der Waals surface area contributed by atoms with Gasteiger partial charge in [-0.3, -0.25) is 5.32 Å². The molecule has 0 aromatic heterocycles. The molecule has 94 heavy (non-hydrogen) atoms. The Balaban J connectivity index is -0.0000000552. The second-order valence-corrected chi connectivity index (χ2v) is 18.7. The number of nitrogens with one attached hydrogen (secondary N) is 4. The van der Waals surface area contributed by atoms with Crippen molar-refractivity contribution in [2.45, 2.75) is 288 Å². The van der Waals surface area contributed by atoms with Gasteiger partial charge in [0.15, 0.2) is 0 Å². The Hall–Kier alpha value is -6.08. The van der Waals surface area contributed by atoms with Crippen molar-refractivity contribution in [3.63, 3.8) is 0 Å². The van der Waals surface area contributed by atoms with E-state index in [-0.39, 0.29) is 7.65 Å². The first-order chi connectivity index (χ1) is 45.1. The van der Waals surface area contributed by atoms with E-state index < -0.39 is 0 Å². The first-order valence-electron chi connectivity index (χ1n) is 35.9. The summed E-state index contributed by atoms with van der Waals surface area (Å²) in [5.74, 6) is 1.93. The van der Waals surface area contributed by atoms with Crippen molar-refractivity contribution in [1.29, 1.82) is 0 Å². The van der Waals surface area contributed by atoms with Gasteiger partial charge in [0.05, 0.1) is 0 Å². The highest BCUT2D eigenvalue weighted by Crippen LogP contribution is 2.06. The second kappa shape index (κ2) is 131. The summed E-state index contributed by atoms with van der Waals surface area (Å²) in [4.78, 5) is 0. The fourth-order valence-corrected chi connectivity index (χ4v) is 3.98. The van der Waals surface area contributed by atoms with Crippen molar-refractivity contribution in [2.75, 3.05) is 28.2 Å². The molecule has 6 aromatic carbocycles. The molecular weight excluding hydrogens is 1160 g/mol. The number of aromatic hydroxyl groups is 6. The minimum absolute atomic E-state index is 0. The van der Waals surface area contributed by atoms with Crippen LogP contribution < -0.4 is 21.3 Å². The summed E-state index contributed by atoms with van der Waals surface area (Å²) in [5.41, 5.74) is 0. The van der Waals surface area contributed by atoms with E-state index in [1.807, 2.05) is 141 Å². The average Bonchev–Trinajstić information content (AvgIpc) is 3.79. The predicted octanol–water partition coefficient (Wildman–Crippen LogP) is 24.8. The first-order valence-corrected chi connectivity index (χ1v) is 35.9. The minimum atomic E-state index is -0.366. The Labute approximate surface area is 588 Å². The van der Waals surface area contributed by atoms with Crippen LogP contribution >= 0.6 is 0 Å². The van der Waals surface area contributed by atoms with Gasteiger partial charge in [-0.1, -0.05) is 366 Å². The van der Waals surface area contributed by atoms with E-state index in [9.17, 15) is 0 Å². The molecule has 0 amide bonds. The molecule has 1 unspecified atom stereocenters. The molecule has 6 aromatic rings. The van der Waals surface area contributed by atoms with Crippen molar-refractivity contribution in [3.8, 4) is 34.5 Å². The van der Waals surface area contributed by atoms with Crippen LogP contribution in [0, 0.1) is 0 Å². The highest BCUT2D eigenvalue weighted by atomic mass is 16.3. The summed E-state index contributed by atoms with van der Waals surface area (Å²) in [6, 6.07) is 54.2. The number of unbranched alkanes of at least 4 members (excludes halogenated alkanes) is 8. The van der Waals surface area contributed by atoms with Crippen molar-refractivity contribution >= 4 is 0 Å². The molecule has 0 aliphatic rings. The number of phenols is 6. The van der Waals surface area contributed by atoms with Crippen LogP contribution in [0.15, 0.2) is 182 Å². The van der Waals surface area contributed by atoms with E-state index in [0.29, 0.717) is 52.6 Å². The molecule has 0 saturated carbocycles. The molecule has 11 heteroatoms. The Kier molecular flexibility index (Phi) is 170. The van der Waals surface area contributed by atoms with Gasteiger partial charge in [0.25, 0.3) is 0 Å². The normalized spacial score (nSPS) is 8.33. The zero-order valence-electron chi connectivity index (χ0n) is 68.2. The van der Waals surface area contributed by atoms with Gasteiger partial charge in [-0.25, -0.2) is 0 Å². The standard InChI is InChI=1S/6C6H6O.4C5H12.3C4H11N.C3H9NO.6C2H6/c6*7-6-4-2-1-3-5-6;4*1-3-5-4-2;3*1-4(2)5-3;1-3(5)4-2;6*1-2/h6*1-5,7H;4*3-5H2,1-2H3;3*4-5H,1-3H3;3-5H,1-2H3;6*1-2H3/p+1. The second-order valence-electron chi connectivity index (χ2n) is 18.7. The van der Waals surface area contributed by atoms with Gasteiger partial charge in [-0.15, -0.1) is 0 Å². The van der Waals surface area contributed by atoms with Crippen LogP contribution in [0.1, 0.15) is 265 Å². The highest BCUT2D eigenvalue weighted by Gasteiger charge is 1.82. The lowest BCUT2D eigenvalue weighted by Crippen LogP contribution is -2.19. The van der Waals surface area contributed by atoms with Crippen molar-refractivity contribution in [1.82, 2.24) is 21.3 Å². The van der Waals surface area contributed by atoms with Crippen molar-refractivity contribution < 1.29 is 37.2 Å². The van der Waals surface area contributed by atoms with Gasteiger partial charge in [-0.2, -0.15) is 0 Å². The minimum Gasteiger partial charge on any atom is -0.508 e. The highest BCUT2D eigenvalue weighted by molar-refractivity contribution is 5.21. The van der Waals surface area contributed by atoms with E-state index in [1.165, 1.54) is 77.0 Å². The predicted molar refractivity (Wildman–Crippen MR) is 432 cm³/mol. The monoisotopic (exact) mass is 1330 g/mol. The van der Waals surface area contributed by atoms with Gasteiger partial charge >= 0.3 is 1.43 Å². The zero-order chi connectivity index (χ0) is 76.3. The van der Waals surface area contributed by atoms with Crippen LogP contribution in [0.25, 0.3) is 0 Å². The molecule has 11 N–H and O–H groups in total. The Morgan fingerprint density at radius 2 is 0.319 bits per heavy atom. The van der Waals surface area contributed by atoms with E-state index >= 15 is 0 Å². The lowest BCUT2D eigenvalue weighted by Gasteiger charge is -1.95. The van der Waals surface area contributed by atoms with Crippen LogP contribution in [0.4, 0.5) is 0 Å². The smallest absolute Gasteiger partial charge is 0.508 e. The summed E-state index contributed by atoms with van der Waals surface area (Å²) in [7, 11) is 7.55. The molecule has 0 heterocycles. The Bertz CT molecular complexity index is 1540. The van der Waals surface area contributed by atoms with Gasteiger partial charge < -0.3 is 51.7 Å². The lowest BCUT2D eigenvalue weighted by atomic mass is 10.3. The van der Waals surface area contributed by atoms with E-state index in [4.69, 9.17) is 35.7 Å². The molecule has 11 nitrogen and oxygen atoms in total. The first kappa shape index (κ1) is 122. The molecule has 0 saturated heterocycles. The summed E-state index contributed by atoms with van der Waals surface area (Å²) in [6.45, 7) is 56.0. The van der Waals surface area contributed by atoms with Gasteiger partial charge in [-0.05, 0) is 108 Å². The molecule has 0 aliphatic heterocycles. The maximum atomic E-state index is 8.63. The Morgan fingerprint density at radius 3 is 0.340 bits per heavy atom. The van der Waals surface area contributed by atoms with Crippen molar-refractivity contribution in [2.24, 2.45) is 0 Å². The summed E-state index contributed by atoms with van der Waals surface area (Å²) < 4.78 is 0. The molecule has 0 spiro atoms. The number of aliphatic hydroxyl groups excluding tert-OH is 1. The van der Waals surface area contributed by atoms with Crippen molar-refractivity contribution in [3.05, 3.63) is 182 Å². The molecule has 0 bridgehead atoms. The largest absolute Gasteiger partial charge is 1.00 e. The number of rotatable bonds is 12. The molecule has 0 aliphatic carbocycles. The number of aliphatic hydroxyl groups is 1. The maximum absolute atomic E-state index is 8.63. The number of hydrogen-bond donors (Lipinski definition) is 11. The SMILES string of the molecule is CC.CC.CC.CC.CC.CC.CCCCC.CCCCC.CCCCC.CCCCC.CNC(C)C.CNC(C)C.CNC(C)C.CNC(C)O.Oc1ccccc1.Oc1ccccc1.Oc1ccccc1.Oc1ccccc1.Oc1ccccc1.Oc1ccccc1.[H+]. The molecular formula is C83H163N4O7+. The summed E-state index contributed by atoms with van der Waals surface area (Å²) >= 11 is 0. The summed E-state index contributed by atoms with van der Waals surface area (Å²) in [6.07, 6.45) is 15.9. The molecule has 556 valence electrons. The quantitative estimate of drug-likeness (QED) is 0.0523. The van der Waals surface area contributed by atoms with Crippen LogP contribution in [0.5, 0.6) is 34.5 Å². The van der Waals surface area contributed by atoms with E-state index in [1.54, 1.807) is 160 Å². The average molecular weight is 1330 g/mol. The number of hydrogen-bond acceptors (Lipinski definition) is 11. The van der Waals surface area contributed by atoms with Crippen LogP contribution in [-0.2, 0) is 0 Å². The number of benzene rings is 6. The van der Waals surface area contributed by atoms with Gasteiger partial charge in [0.2, 0.25) is 0 Å². The fraction of sp³-hybridized carbons (Fsp3) is 0.566. The zero-order valence-corrected chi connectivity index (χ0v) is 67.2. The van der Waals surface area contributed by atoms with Gasteiger partial charge in [0, 0.05) is 18.1 Å². The van der Waals surface area contributed by atoms with Crippen LogP contribution in [0.2, 0.25) is 0 Å². The topological polar surface area (TPSA) is 190 Å². The third kappa shape index (κ3) is 185. The van der Waals surface area contributed by atoms with E-state index in [0.717, 1.165) is 0 Å². The number of phenolic OH excluding ortho intramolecular Hbond substituents is 6. The molecule has 0 fully saturated rings. The molecule has 0 radical (unpaired) electrons. The third-order valence-corrected chi connectivity index (χ3v) is 9.52. The molecule has 6 rings (SSSR count). The summed E-state index contributed by atoms with van der Waals surface area (Å²) in [5, 5.41) is 71.7. The molecule has 1 atom stereocenters. The van der Waals surface area contributed by atoms with E-state index in [2.05, 4.69) is 118 Å². The van der Waals surface area contributed by atoms with Crippen LogP contribution in [0.3, 0.4) is 0 Å². The Morgan fingerprint density at radius 1 is 0.234 bits per heavy atom. The van der Waals surface area contributed by atoms with Gasteiger partial charge in [0.1, 0.15) is 40.7 Å². The van der Waals surface area contributed by atoms with Crippen LogP contribution in [-0.4, -0.2) is 88.3 Å². The fourth-order valence-electron chi connectivity index (χ4n) is 3.98. The third-order valence-electron chi connectivity index (χ3n) is 9.52.